The second-order valence-electron chi connectivity index (χ2n) is 6.79. The van der Waals surface area contributed by atoms with Crippen LogP contribution in [0.4, 0.5) is 0 Å². The van der Waals surface area contributed by atoms with Gasteiger partial charge in [0, 0.05) is 22.1 Å². The normalized spacial score (nSPS) is 11.3. The second-order valence-corrected chi connectivity index (χ2v) is 7.19. The Balaban J connectivity index is 2.15. The molecule has 1 N–H and O–H groups in total. The highest BCUT2D eigenvalue weighted by molar-refractivity contribution is 6.37. The fourth-order valence-corrected chi connectivity index (χ4v) is 3.71. The minimum absolute atomic E-state index is 0.275. The van der Waals surface area contributed by atoms with E-state index in [1.165, 1.54) is 0 Å². The van der Waals surface area contributed by atoms with E-state index in [-0.39, 0.29) is 17.6 Å². The predicted molar refractivity (Wildman–Crippen MR) is 110 cm³/mol. The summed E-state index contributed by atoms with van der Waals surface area (Å²) in [4.78, 5) is 23.9. The van der Waals surface area contributed by atoms with Crippen LogP contribution < -0.4 is 10.4 Å². The van der Waals surface area contributed by atoms with Crippen molar-refractivity contribution < 1.29 is 23.5 Å². The maximum Gasteiger partial charge on any atom is 0.339 e. The van der Waals surface area contributed by atoms with E-state index in [0.29, 0.717) is 44.0 Å². The predicted octanol–water partition coefficient (Wildman–Crippen LogP) is 5.11. The number of hydrogen-bond acceptors (Lipinski definition) is 5. The van der Waals surface area contributed by atoms with Gasteiger partial charge < -0.3 is 18.7 Å². The van der Waals surface area contributed by atoms with Gasteiger partial charge in [0.2, 0.25) is 0 Å². The van der Waals surface area contributed by atoms with E-state index in [9.17, 15) is 14.7 Å². The SMILES string of the molecule is COc1ccc(-c2oc3c(Cl)cc4c(C)c(C)c(=O)oc4c3c2CC(=O)O)cc1. The van der Waals surface area contributed by atoms with Crippen LogP contribution in [0, 0.1) is 13.8 Å². The lowest BCUT2D eigenvalue weighted by molar-refractivity contribution is -0.136. The van der Waals surface area contributed by atoms with Gasteiger partial charge in [0.1, 0.15) is 17.1 Å². The third-order valence-electron chi connectivity index (χ3n) is 5.11. The van der Waals surface area contributed by atoms with Crippen LogP contribution in [0.15, 0.2) is 44.0 Å². The zero-order chi connectivity index (χ0) is 20.9. The van der Waals surface area contributed by atoms with E-state index in [0.717, 1.165) is 5.56 Å². The summed E-state index contributed by atoms with van der Waals surface area (Å²) < 4.78 is 16.8. The number of benzene rings is 2. The molecular formula is C22H17ClO6. The molecule has 148 valence electrons. The van der Waals surface area contributed by atoms with Crippen molar-refractivity contribution >= 4 is 39.5 Å². The van der Waals surface area contributed by atoms with Crippen molar-refractivity contribution in [3.63, 3.8) is 0 Å². The minimum Gasteiger partial charge on any atom is -0.497 e. The summed E-state index contributed by atoms with van der Waals surface area (Å²) in [6.07, 6.45) is -0.319. The molecule has 0 fully saturated rings. The molecule has 2 aromatic carbocycles. The molecule has 0 radical (unpaired) electrons. The van der Waals surface area contributed by atoms with Crippen LogP contribution in [0.25, 0.3) is 33.3 Å². The number of ether oxygens (including phenoxy) is 1. The van der Waals surface area contributed by atoms with Crippen molar-refractivity contribution in [1.29, 1.82) is 0 Å². The number of halogens is 1. The van der Waals surface area contributed by atoms with E-state index < -0.39 is 11.6 Å². The van der Waals surface area contributed by atoms with E-state index in [1.807, 2.05) is 0 Å². The summed E-state index contributed by atoms with van der Waals surface area (Å²) in [5, 5.41) is 10.9. The average Bonchev–Trinajstić information content (AvgIpc) is 3.07. The lowest BCUT2D eigenvalue weighted by Crippen LogP contribution is -2.06. The van der Waals surface area contributed by atoms with Crippen molar-refractivity contribution in [2.24, 2.45) is 0 Å². The standard InChI is InChI=1S/C22H17ClO6/c1-10-11(2)22(26)29-20-14(10)8-16(23)21-18(20)15(9-17(24)25)19(28-21)12-4-6-13(27-3)7-5-12/h4-8H,9H2,1-3H3,(H,24,25). The Kier molecular flexibility index (Phi) is 4.59. The molecule has 2 aromatic heterocycles. The summed E-state index contributed by atoms with van der Waals surface area (Å²) in [5.74, 6) is -0.0210. The lowest BCUT2D eigenvalue weighted by Gasteiger charge is -2.07. The molecule has 6 nitrogen and oxygen atoms in total. The summed E-state index contributed by atoms with van der Waals surface area (Å²) in [5.41, 5.74) is 2.35. The Bertz CT molecular complexity index is 1330. The Morgan fingerprint density at radius 1 is 1.10 bits per heavy atom. The number of carboxylic acid groups (broad SMARTS) is 1. The van der Waals surface area contributed by atoms with Crippen molar-refractivity contribution in [3.05, 3.63) is 62.5 Å². The van der Waals surface area contributed by atoms with Crippen LogP contribution in [0.1, 0.15) is 16.7 Å². The Morgan fingerprint density at radius 2 is 1.79 bits per heavy atom. The molecule has 0 spiro atoms. The highest BCUT2D eigenvalue weighted by Gasteiger charge is 2.25. The summed E-state index contributed by atoms with van der Waals surface area (Å²) >= 11 is 6.48. The second kappa shape index (κ2) is 6.97. The van der Waals surface area contributed by atoms with Crippen molar-refractivity contribution in [3.8, 4) is 17.1 Å². The first-order valence-corrected chi connectivity index (χ1v) is 9.23. The fraction of sp³-hybridized carbons (Fsp3) is 0.182. The molecule has 0 bridgehead atoms. The minimum atomic E-state index is -1.04. The van der Waals surface area contributed by atoms with Gasteiger partial charge in [-0.25, -0.2) is 4.79 Å². The molecule has 0 saturated carbocycles. The number of hydrogen-bond donors (Lipinski definition) is 1. The van der Waals surface area contributed by atoms with Gasteiger partial charge in [-0.1, -0.05) is 11.6 Å². The number of aliphatic carboxylic acids is 1. The molecule has 4 rings (SSSR count). The molecule has 4 aromatic rings. The largest absolute Gasteiger partial charge is 0.497 e. The monoisotopic (exact) mass is 412 g/mol. The van der Waals surface area contributed by atoms with Gasteiger partial charge >= 0.3 is 11.6 Å². The molecular weight excluding hydrogens is 396 g/mol. The van der Waals surface area contributed by atoms with Gasteiger partial charge in [0.15, 0.2) is 5.58 Å². The van der Waals surface area contributed by atoms with E-state index in [1.54, 1.807) is 51.3 Å². The quantitative estimate of drug-likeness (QED) is 0.468. The van der Waals surface area contributed by atoms with Gasteiger partial charge in [0.25, 0.3) is 0 Å². The summed E-state index contributed by atoms with van der Waals surface area (Å²) in [6, 6.07) is 8.71. The van der Waals surface area contributed by atoms with Crippen LogP contribution >= 0.6 is 11.6 Å². The summed E-state index contributed by atoms with van der Waals surface area (Å²) in [7, 11) is 1.56. The Hall–Kier alpha value is -3.25. The maximum absolute atomic E-state index is 12.3. The molecule has 29 heavy (non-hydrogen) atoms. The number of furan rings is 1. The molecule has 0 amide bonds. The van der Waals surface area contributed by atoms with E-state index in [2.05, 4.69) is 0 Å². The third-order valence-corrected chi connectivity index (χ3v) is 5.40. The fourth-order valence-electron chi connectivity index (χ4n) is 3.47. The number of methoxy groups -OCH3 is 1. The molecule has 0 saturated heterocycles. The highest BCUT2D eigenvalue weighted by Crippen LogP contribution is 2.42. The van der Waals surface area contributed by atoms with Gasteiger partial charge in [-0.2, -0.15) is 0 Å². The first kappa shape index (κ1) is 19.1. The van der Waals surface area contributed by atoms with Crippen molar-refractivity contribution in [1.82, 2.24) is 0 Å². The number of carbonyl (C=O) groups is 1. The van der Waals surface area contributed by atoms with Crippen LogP contribution in [-0.4, -0.2) is 18.2 Å². The molecule has 0 unspecified atom stereocenters. The van der Waals surface area contributed by atoms with Gasteiger partial charge in [-0.3, -0.25) is 4.79 Å². The Morgan fingerprint density at radius 3 is 2.41 bits per heavy atom. The molecule has 2 heterocycles. The molecule has 7 heteroatoms. The van der Waals surface area contributed by atoms with Crippen LogP contribution in [0.5, 0.6) is 5.75 Å². The Labute approximate surface area is 170 Å². The number of fused-ring (bicyclic) bond motifs is 3. The lowest BCUT2D eigenvalue weighted by atomic mass is 9.99. The van der Waals surface area contributed by atoms with Crippen molar-refractivity contribution in [2.75, 3.05) is 7.11 Å². The molecule has 0 atom stereocenters. The maximum atomic E-state index is 12.3. The third kappa shape index (κ3) is 3.06. The molecule has 0 aliphatic rings. The first-order valence-electron chi connectivity index (χ1n) is 8.86. The molecule has 0 aliphatic heterocycles. The highest BCUT2D eigenvalue weighted by atomic mass is 35.5. The first-order chi connectivity index (χ1) is 13.8. The van der Waals surface area contributed by atoms with E-state index in [4.69, 9.17) is 25.2 Å². The zero-order valence-electron chi connectivity index (χ0n) is 16.0. The topological polar surface area (TPSA) is 89.9 Å². The number of carboxylic acids is 1. The summed E-state index contributed by atoms with van der Waals surface area (Å²) in [6.45, 7) is 3.48. The van der Waals surface area contributed by atoms with Crippen LogP contribution in [-0.2, 0) is 11.2 Å². The van der Waals surface area contributed by atoms with Crippen molar-refractivity contribution in [2.45, 2.75) is 20.3 Å². The molecule has 0 aliphatic carbocycles. The van der Waals surface area contributed by atoms with Gasteiger partial charge in [0.05, 0.1) is 23.9 Å². The average molecular weight is 413 g/mol. The zero-order valence-corrected chi connectivity index (χ0v) is 16.7. The van der Waals surface area contributed by atoms with Crippen LogP contribution in [0.2, 0.25) is 5.02 Å². The van der Waals surface area contributed by atoms with Crippen LogP contribution in [0.3, 0.4) is 0 Å². The van der Waals surface area contributed by atoms with E-state index >= 15 is 0 Å². The van der Waals surface area contributed by atoms with Gasteiger partial charge in [-0.15, -0.1) is 0 Å². The van der Waals surface area contributed by atoms with Gasteiger partial charge in [-0.05, 0) is 49.7 Å². The number of rotatable bonds is 4. The smallest absolute Gasteiger partial charge is 0.339 e. The number of aryl methyl sites for hydroxylation is 1.